The second-order valence-corrected chi connectivity index (χ2v) is 9.35. The summed E-state index contributed by atoms with van der Waals surface area (Å²) >= 11 is 1.71. The monoisotopic (exact) mass is 437 g/mol. The molecule has 1 heterocycles. The summed E-state index contributed by atoms with van der Waals surface area (Å²) in [5.74, 6) is 1.95. The van der Waals surface area contributed by atoms with Gasteiger partial charge in [-0.05, 0) is 25.2 Å². The highest BCUT2D eigenvalue weighted by Crippen LogP contribution is 2.15. The van der Waals surface area contributed by atoms with Crippen LogP contribution >= 0.6 is 11.8 Å². The van der Waals surface area contributed by atoms with E-state index in [-0.39, 0.29) is 0 Å². The van der Waals surface area contributed by atoms with Gasteiger partial charge in [-0.1, -0.05) is 90.4 Å². The van der Waals surface area contributed by atoms with E-state index in [1.54, 1.807) is 30.9 Å². The Bertz CT molecular complexity index is 557. The minimum Gasteiger partial charge on any atom is -0.480 e. The number of carboxylic acid groups (broad SMARTS) is 1. The SMILES string of the molecule is CCCCCCCCCCCCCCCCSCC(Nc1ccnc(C)n1)C(=O)O. The zero-order chi connectivity index (χ0) is 21.9. The molecule has 0 aliphatic rings. The molecular formula is C24H43N3O2S. The highest BCUT2D eigenvalue weighted by atomic mass is 32.2. The topological polar surface area (TPSA) is 75.1 Å². The first-order valence-corrected chi connectivity index (χ1v) is 13.2. The van der Waals surface area contributed by atoms with Gasteiger partial charge in [0, 0.05) is 11.9 Å². The minimum atomic E-state index is -0.834. The Morgan fingerprint density at radius 2 is 1.50 bits per heavy atom. The first kappa shape index (κ1) is 26.7. The van der Waals surface area contributed by atoms with Gasteiger partial charge >= 0.3 is 5.97 Å². The first-order valence-electron chi connectivity index (χ1n) is 12.0. The van der Waals surface area contributed by atoms with Gasteiger partial charge in [0.1, 0.15) is 17.7 Å². The van der Waals surface area contributed by atoms with E-state index in [2.05, 4.69) is 22.2 Å². The van der Waals surface area contributed by atoms with Crippen LogP contribution in [0.3, 0.4) is 0 Å². The highest BCUT2D eigenvalue weighted by molar-refractivity contribution is 7.99. The smallest absolute Gasteiger partial charge is 0.327 e. The van der Waals surface area contributed by atoms with Crippen LogP contribution in [0.5, 0.6) is 0 Å². The van der Waals surface area contributed by atoms with E-state index in [1.165, 1.54) is 89.9 Å². The molecule has 1 aromatic rings. The van der Waals surface area contributed by atoms with Crippen LogP contribution in [0.25, 0.3) is 0 Å². The average molecular weight is 438 g/mol. The van der Waals surface area contributed by atoms with Crippen molar-refractivity contribution in [3.05, 3.63) is 18.1 Å². The Labute approximate surface area is 188 Å². The van der Waals surface area contributed by atoms with E-state index in [1.807, 2.05) is 0 Å². The van der Waals surface area contributed by atoms with Crippen LogP contribution in [-0.4, -0.2) is 38.6 Å². The van der Waals surface area contributed by atoms with Crippen LogP contribution in [0.2, 0.25) is 0 Å². The summed E-state index contributed by atoms with van der Waals surface area (Å²) in [5, 5.41) is 12.4. The van der Waals surface area contributed by atoms with Crippen LogP contribution in [0, 0.1) is 6.92 Å². The summed E-state index contributed by atoms with van der Waals surface area (Å²) in [6.45, 7) is 4.07. The van der Waals surface area contributed by atoms with Crippen molar-refractivity contribution >= 4 is 23.5 Å². The van der Waals surface area contributed by atoms with Crippen LogP contribution < -0.4 is 5.32 Å². The van der Waals surface area contributed by atoms with Crippen LogP contribution in [0.15, 0.2) is 12.3 Å². The van der Waals surface area contributed by atoms with Crippen molar-refractivity contribution in [3.8, 4) is 0 Å². The van der Waals surface area contributed by atoms with Gasteiger partial charge in [-0.25, -0.2) is 14.8 Å². The lowest BCUT2D eigenvalue weighted by atomic mass is 10.0. The number of aromatic nitrogens is 2. The molecule has 0 aliphatic carbocycles. The maximum Gasteiger partial charge on any atom is 0.327 e. The van der Waals surface area contributed by atoms with E-state index in [0.29, 0.717) is 17.4 Å². The summed E-state index contributed by atoms with van der Waals surface area (Å²) in [4.78, 5) is 19.7. The van der Waals surface area contributed by atoms with E-state index in [0.717, 1.165) is 5.75 Å². The molecule has 1 rings (SSSR count). The molecule has 0 saturated carbocycles. The molecular weight excluding hydrogens is 394 g/mol. The van der Waals surface area contributed by atoms with Gasteiger partial charge in [-0.2, -0.15) is 11.8 Å². The molecule has 0 spiro atoms. The molecule has 0 radical (unpaired) electrons. The van der Waals surface area contributed by atoms with Crippen molar-refractivity contribution in [2.24, 2.45) is 0 Å². The maximum absolute atomic E-state index is 11.5. The van der Waals surface area contributed by atoms with E-state index >= 15 is 0 Å². The lowest BCUT2D eigenvalue weighted by Crippen LogP contribution is -2.32. The van der Waals surface area contributed by atoms with Crippen molar-refractivity contribution in [2.75, 3.05) is 16.8 Å². The normalized spacial score (nSPS) is 12.1. The fraction of sp³-hybridized carbons (Fsp3) is 0.792. The third-order valence-electron chi connectivity index (χ3n) is 5.32. The number of nitrogens with one attached hydrogen (secondary N) is 1. The van der Waals surface area contributed by atoms with E-state index in [9.17, 15) is 9.90 Å². The Morgan fingerprint density at radius 1 is 0.967 bits per heavy atom. The van der Waals surface area contributed by atoms with Gasteiger partial charge in [-0.15, -0.1) is 0 Å². The number of aliphatic carboxylic acids is 1. The second kappa shape index (κ2) is 18.5. The summed E-state index contributed by atoms with van der Waals surface area (Å²) in [6, 6.07) is 1.09. The molecule has 1 aromatic heterocycles. The first-order chi connectivity index (χ1) is 14.6. The summed E-state index contributed by atoms with van der Waals surface area (Å²) in [7, 11) is 0. The maximum atomic E-state index is 11.5. The molecule has 172 valence electrons. The van der Waals surface area contributed by atoms with Gasteiger partial charge in [-0.3, -0.25) is 0 Å². The van der Waals surface area contributed by atoms with Crippen molar-refractivity contribution in [3.63, 3.8) is 0 Å². The van der Waals surface area contributed by atoms with Crippen molar-refractivity contribution < 1.29 is 9.90 Å². The third-order valence-corrected chi connectivity index (χ3v) is 6.47. The summed E-state index contributed by atoms with van der Waals surface area (Å²) in [5.41, 5.74) is 0. The zero-order valence-corrected chi connectivity index (χ0v) is 20.0. The minimum absolute atomic E-state index is 0.552. The van der Waals surface area contributed by atoms with Gasteiger partial charge in [0.15, 0.2) is 0 Å². The number of hydrogen-bond donors (Lipinski definition) is 2. The summed E-state index contributed by atoms with van der Waals surface area (Å²) < 4.78 is 0. The number of rotatable bonds is 20. The molecule has 0 bridgehead atoms. The van der Waals surface area contributed by atoms with E-state index < -0.39 is 12.0 Å². The van der Waals surface area contributed by atoms with E-state index in [4.69, 9.17) is 0 Å². The van der Waals surface area contributed by atoms with Gasteiger partial charge < -0.3 is 10.4 Å². The van der Waals surface area contributed by atoms with Gasteiger partial charge in [0.2, 0.25) is 0 Å². The Morgan fingerprint density at radius 3 is 2.00 bits per heavy atom. The number of carboxylic acids is 1. The Balaban J connectivity index is 1.92. The highest BCUT2D eigenvalue weighted by Gasteiger charge is 2.17. The predicted molar refractivity (Wildman–Crippen MR) is 129 cm³/mol. The zero-order valence-electron chi connectivity index (χ0n) is 19.2. The molecule has 1 atom stereocenters. The predicted octanol–water partition coefficient (Wildman–Crippen LogP) is 6.86. The largest absolute Gasteiger partial charge is 0.480 e. The number of anilines is 1. The second-order valence-electron chi connectivity index (χ2n) is 8.20. The molecule has 0 fully saturated rings. The molecule has 0 amide bonds. The van der Waals surface area contributed by atoms with Crippen molar-refractivity contribution in [1.82, 2.24) is 9.97 Å². The quantitative estimate of drug-likeness (QED) is 0.217. The number of nitrogens with zero attached hydrogens (tertiary/aromatic N) is 2. The van der Waals surface area contributed by atoms with Crippen LogP contribution in [0.4, 0.5) is 5.82 Å². The number of carbonyl (C=O) groups is 1. The molecule has 1 unspecified atom stereocenters. The van der Waals surface area contributed by atoms with Gasteiger partial charge in [0.25, 0.3) is 0 Å². The lowest BCUT2D eigenvalue weighted by molar-refractivity contribution is -0.137. The molecule has 0 aromatic carbocycles. The molecule has 30 heavy (non-hydrogen) atoms. The number of hydrogen-bond acceptors (Lipinski definition) is 5. The molecule has 2 N–H and O–H groups in total. The fourth-order valence-corrected chi connectivity index (χ4v) is 4.53. The average Bonchev–Trinajstić information content (AvgIpc) is 2.72. The Hall–Kier alpha value is -1.30. The van der Waals surface area contributed by atoms with Crippen LogP contribution in [0.1, 0.15) is 103 Å². The standard InChI is InChI=1S/C24H43N3O2S/c1-3-4-5-6-7-8-9-10-11-12-13-14-15-16-19-30-20-22(24(28)29)27-23-17-18-25-21(2)26-23/h17-18,22H,3-16,19-20H2,1-2H3,(H,28,29)(H,25,26,27). The molecule has 5 nitrogen and oxygen atoms in total. The van der Waals surface area contributed by atoms with Crippen molar-refractivity contribution in [2.45, 2.75) is 110 Å². The van der Waals surface area contributed by atoms with Crippen LogP contribution in [-0.2, 0) is 4.79 Å². The Kier molecular flexibility index (Phi) is 16.5. The molecule has 0 saturated heterocycles. The fourth-order valence-electron chi connectivity index (χ4n) is 3.49. The molecule has 0 aliphatic heterocycles. The van der Waals surface area contributed by atoms with Crippen molar-refractivity contribution in [1.29, 1.82) is 0 Å². The number of aryl methyl sites for hydroxylation is 1. The summed E-state index contributed by atoms with van der Waals surface area (Å²) in [6.07, 6.45) is 20.7. The molecule has 6 heteroatoms. The van der Waals surface area contributed by atoms with Gasteiger partial charge in [0.05, 0.1) is 0 Å². The third kappa shape index (κ3) is 14.6. The number of unbranched alkanes of at least 4 members (excludes halogenated alkanes) is 13. The number of thioether (sulfide) groups is 1. The lowest BCUT2D eigenvalue weighted by Gasteiger charge is -2.14.